The SMILES string of the molecule is O=C(CC1CCCN1)Nc1ccc2c(c1)Cc1ccccc1-2. The van der Waals surface area contributed by atoms with E-state index >= 15 is 0 Å². The summed E-state index contributed by atoms with van der Waals surface area (Å²) >= 11 is 0. The lowest BCUT2D eigenvalue weighted by Crippen LogP contribution is -2.27. The number of carbonyl (C=O) groups excluding carboxylic acids is 1. The van der Waals surface area contributed by atoms with E-state index in [-0.39, 0.29) is 5.91 Å². The molecule has 2 aromatic rings. The molecule has 1 atom stereocenters. The largest absolute Gasteiger partial charge is 0.326 e. The van der Waals surface area contributed by atoms with Crippen LogP contribution in [-0.2, 0) is 11.2 Å². The van der Waals surface area contributed by atoms with Crippen LogP contribution in [0.2, 0.25) is 0 Å². The molecule has 1 heterocycles. The van der Waals surface area contributed by atoms with Crippen molar-refractivity contribution in [3.63, 3.8) is 0 Å². The van der Waals surface area contributed by atoms with Gasteiger partial charge in [-0.1, -0.05) is 30.3 Å². The quantitative estimate of drug-likeness (QED) is 0.777. The fourth-order valence-corrected chi connectivity index (χ4v) is 3.59. The van der Waals surface area contributed by atoms with Crippen molar-refractivity contribution in [2.24, 2.45) is 0 Å². The third kappa shape index (κ3) is 2.53. The second-order valence-corrected chi connectivity index (χ2v) is 6.25. The maximum Gasteiger partial charge on any atom is 0.225 e. The minimum atomic E-state index is 0.106. The van der Waals surface area contributed by atoms with Crippen LogP contribution in [0.1, 0.15) is 30.4 Å². The van der Waals surface area contributed by atoms with Crippen LogP contribution in [0.4, 0.5) is 5.69 Å². The van der Waals surface area contributed by atoms with Crippen LogP contribution >= 0.6 is 0 Å². The topological polar surface area (TPSA) is 41.1 Å². The van der Waals surface area contributed by atoms with Crippen LogP contribution in [-0.4, -0.2) is 18.5 Å². The molecule has 0 saturated carbocycles. The van der Waals surface area contributed by atoms with Crippen LogP contribution in [0.3, 0.4) is 0 Å². The smallest absolute Gasteiger partial charge is 0.225 e. The highest BCUT2D eigenvalue weighted by Crippen LogP contribution is 2.37. The van der Waals surface area contributed by atoms with Crippen molar-refractivity contribution < 1.29 is 4.79 Å². The number of rotatable bonds is 3. The molecule has 0 bridgehead atoms. The van der Waals surface area contributed by atoms with E-state index in [0.717, 1.165) is 25.1 Å². The number of anilines is 1. The van der Waals surface area contributed by atoms with Gasteiger partial charge in [0.1, 0.15) is 0 Å². The maximum absolute atomic E-state index is 12.1. The fourth-order valence-electron chi connectivity index (χ4n) is 3.59. The van der Waals surface area contributed by atoms with Gasteiger partial charge in [-0.25, -0.2) is 0 Å². The summed E-state index contributed by atoms with van der Waals surface area (Å²) < 4.78 is 0. The predicted octanol–water partition coefficient (Wildman–Crippen LogP) is 3.34. The molecular weight excluding hydrogens is 272 g/mol. The minimum Gasteiger partial charge on any atom is -0.326 e. The Bertz CT molecular complexity index is 717. The summed E-state index contributed by atoms with van der Waals surface area (Å²) in [5.74, 6) is 0.106. The molecule has 112 valence electrons. The molecule has 3 nitrogen and oxygen atoms in total. The van der Waals surface area contributed by atoms with E-state index in [4.69, 9.17) is 0 Å². The van der Waals surface area contributed by atoms with Crippen LogP contribution in [0.15, 0.2) is 42.5 Å². The van der Waals surface area contributed by atoms with Gasteiger partial charge in [-0.05, 0) is 60.2 Å². The Morgan fingerprint density at radius 3 is 2.86 bits per heavy atom. The molecule has 3 heteroatoms. The lowest BCUT2D eigenvalue weighted by atomic mass is 10.1. The summed E-state index contributed by atoms with van der Waals surface area (Å²) in [5.41, 5.74) is 6.21. The molecule has 1 aliphatic carbocycles. The van der Waals surface area contributed by atoms with Crippen molar-refractivity contribution in [3.05, 3.63) is 53.6 Å². The van der Waals surface area contributed by atoms with E-state index in [1.807, 2.05) is 6.07 Å². The third-order valence-electron chi connectivity index (χ3n) is 4.67. The fraction of sp³-hybridized carbons (Fsp3) is 0.316. The molecule has 22 heavy (non-hydrogen) atoms. The normalized spacial score (nSPS) is 18.8. The first kappa shape index (κ1) is 13.5. The van der Waals surface area contributed by atoms with Crippen molar-refractivity contribution in [2.45, 2.75) is 31.7 Å². The second kappa shape index (κ2) is 5.58. The van der Waals surface area contributed by atoms with E-state index < -0.39 is 0 Å². The first-order valence-corrected chi connectivity index (χ1v) is 8.04. The maximum atomic E-state index is 12.1. The summed E-state index contributed by atoms with van der Waals surface area (Å²) in [5, 5.41) is 6.41. The van der Waals surface area contributed by atoms with Gasteiger partial charge in [-0.3, -0.25) is 4.79 Å². The van der Waals surface area contributed by atoms with Gasteiger partial charge in [-0.2, -0.15) is 0 Å². The van der Waals surface area contributed by atoms with Gasteiger partial charge in [0.2, 0.25) is 5.91 Å². The van der Waals surface area contributed by atoms with E-state index in [1.165, 1.54) is 28.7 Å². The molecule has 2 aromatic carbocycles. The second-order valence-electron chi connectivity index (χ2n) is 6.25. The van der Waals surface area contributed by atoms with Gasteiger partial charge in [0.25, 0.3) is 0 Å². The van der Waals surface area contributed by atoms with E-state index in [2.05, 4.69) is 47.0 Å². The monoisotopic (exact) mass is 292 g/mol. The van der Waals surface area contributed by atoms with Crippen molar-refractivity contribution in [3.8, 4) is 11.1 Å². The first-order valence-electron chi connectivity index (χ1n) is 8.04. The van der Waals surface area contributed by atoms with Crippen molar-refractivity contribution in [2.75, 3.05) is 11.9 Å². The molecule has 4 rings (SSSR count). The Hall–Kier alpha value is -2.13. The molecule has 0 spiro atoms. The Balaban J connectivity index is 1.48. The number of nitrogens with one attached hydrogen (secondary N) is 2. The average molecular weight is 292 g/mol. The molecule has 1 amide bonds. The zero-order valence-corrected chi connectivity index (χ0v) is 12.6. The van der Waals surface area contributed by atoms with E-state index in [1.54, 1.807) is 0 Å². The Morgan fingerprint density at radius 1 is 1.14 bits per heavy atom. The van der Waals surface area contributed by atoms with Gasteiger partial charge >= 0.3 is 0 Å². The number of hydrogen-bond acceptors (Lipinski definition) is 2. The van der Waals surface area contributed by atoms with Crippen molar-refractivity contribution >= 4 is 11.6 Å². The molecule has 1 fully saturated rings. The van der Waals surface area contributed by atoms with Crippen molar-refractivity contribution in [1.82, 2.24) is 5.32 Å². The lowest BCUT2D eigenvalue weighted by molar-refractivity contribution is -0.116. The number of benzene rings is 2. The number of carbonyl (C=O) groups is 1. The Kier molecular flexibility index (Phi) is 3.43. The summed E-state index contributed by atoms with van der Waals surface area (Å²) in [6, 6.07) is 15.1. The van der Waals surface area contributed by atoms with E-state index in [9.17, 15) is 4.79 Å². The minimum absolute atomic E-state index is 0.106. The zero-order chi connectivity index (χ0) is 14.9. The molecular formula is C19H20N2O. The number of fused-ring (bicyclic) bond motifs is 3. The Morgan fingerprint density at radius 2 is 2.00 bits per heavy atom. The number of hydrogen-bond donors (Lipinski definition) is 2. The van der Waals surface area contributed by atoms with Gasteiger partial charge < -0.3 is 10.6 Å². The van der Waals surface area contributed by atoms with Crippen LogP contribution in [0.25, 0.3) is 11.1 Å². The van der Waals surface area contributed by atoms with Gasteiger partial charge in [0.05, 0.1) is 0 Å². The summed E-state index contributed by atoms with van der Waals surface area (Å²) in [4.78, 5) is 12.1. The summed E-state index contributed by atoms with van der Waals surface area (Å²) in [6.07, 6.45) is 3.80. The Labute approximate surface area is 130 Å². The van der Waals surface area contributed by atoms with Gasteiger partial charge in [0.15, 0.2) is 0 Å². The highest BCUT2D eigenvalue weighted by molar-refractivity contribution is 5.92. The van der Waals surface area contributed by atoms with Crippen molar-refractivity contribution in [1.29, 1.82) is 0 Å². The van der Waals surface area contributed by atoms with Gasteiger partial charge in [-0.15, -0.1) is 0 Å². The molecule has 0 aromatic heterocycles. The molecule has 1 aliphatic heterocycles. The predicted molar refractivity (Wildman–Crippen MR) is 89.0 cm³/mol. The average Bonchev–Trinajstić information content (AvgIpc) is 3.13. The summed E-state index contributed by atoms with van der Waals surface area (Å²) in [7, 11) is 0. The first-order chi connectivity index (χ1) is 10.8. The van der Waals surface area contributed by atoms with Crippen LogP contribution < -0.4 is 10.6 Å². The highest BCUT2D eigenvalue weighted by Gasteiger charge is 2.20. The standard InChI is InChI=1S/C19H20N2O/c22-19(12-15-5-3-9-20-15)21-16-7-8-18-14(11-16)10-13-4-1-2-6-17(13)18/h1-2,4,6-8,11,15,20H,3,5,9-10,12H2,(H,21,22). The molecule has 2 aliphatic rings. The summed E-state index contributed by atoms with van der Waals surface area (Å²) in [6.45, 7) is 1.04. The lowest BCUT2D eigenvalue weighted by Gasteiger charge is -2.11. The molecule has 1 unspecified atom stereocenters. The highest BCUT2D eigenvalue weighted by atomic mass is 16.1. The molecule has 0 radical (unpaired) electrons. The van der Waals surface area contributed by atoms with Crippen LogP contribution in [0.5, 0.6) is 0 Å². The van der Waals surface area contributed by atoms with Gasteiger partial charge in [0, 0.05) is 18.2 Å². The molecule has 2 N–H and O–H groups in total. The van der Waals surface area contributed by atoms with E-state index in [0.29, 0.717) is 12.5 Å². The zero-order valence-electron chi connectivity index (χ0n) is 12.6. The number of amides is 1. The third-order valence-corrected chi connectivity index (χ3v) is 4.67. The van der Waals surface area contributed by atoms with Crippen LogP contribution in [0, 0.1) is 0 Å². The molecule has 1 saturated heterocycles.